The number of amides is 1. The zero-order valence-electron chi connectivity index (χ0n) is 13.5. The standard InChI is InChI=1S/C19H27NO2/c1-2-17(19(22)20-14-8-13-18(20)15-21)12-7-6-11-16-9-4-3-5-10-16/h3-5,9-10,15,17-18H,2,6-8,11-14H2,1H3/t17?,18-/m0/s1. The van der Waals surface area contributed by atoms with Crippen LogP contribution in [0, 0.1) is 5.92 Å². The second-order valence-corrected chi connectivity index (χ2v) is 6.21. The van der Waals surface area contributed by atoms with Crippen molar-refractivity contribution in [2.75, 3.05) is 6.54 Å². The molecular weight excluding hydrogens is 274 g/mol. The second-order valence-electron chi connectivity index (χ2n) is 6.21. The fourth-order valence-electron chi connectivity index (χ4n) is 3.31. The van der Waals surface area contributed by atoms with E-state index in [4.69, 9.17) is 0 Å². The maximum atomic E-state index is 12.6. The van der Waals surface area contributed by atoms with Crippen molar-refractivity contribution in [1.82, 2.24) is 4.90 Å². The molecule has 1 aliphatic heterocycles. The van der Waals surface area contributed by atoms with Crippen LogP contribution < -0.4 is 0 Å². The van der Waals surface area contributed by atoms with Gasteiger partial charge in [-0.1, -0.05) is 43.7 Å². The summed E-state index contributed by atoms with van der Waals surface area (Å²) < 4.78 is 0. The Morgan fingerprint density at radius 1 is 1.32 bits per heavy atom. The minimum atomic E-state index is -0.175. The molecule has 1 aromatic rings. The van der Waals surface area contributed by atoms with E-state index < -0.39 is 0 Å². The fourth-order valence-corrected chi connectivity index (χ4v) is 3.31. The number of aryl methyl sites for hydroxylation is 1. The van der Waals surface area contributed by atoms with Crippen LogP contribution in [0.3, 0.4) is 0 Å². The van der Waals surface area contributed by atoms with Crippen LogP contribution in [-0.2, 0) is 16.0 Å². The lowest BCUT2D eigenvalue weighted by Crippen LogP contribution is -2.40. The molecule has 0 bridgehead atoms. The summed E-state index contributed by atoms with van der Waals surface area (Å²) in [4.78, 5) is 25.4. The molecule has 2 atom stereocenters. The minimum absolute atomic E-state index is 0.0799. The average molecular weight is 301 g/mol. The number of aldehydes is 1. The third kappa shape index (κ3) is 4.43. The number of benzene rings is 1. The largest absolute Gasteiger partial charge is 0.333 e. The molecule has 2 rings (SSSR count). The van der Waals surface area contributed by atoms with E-state index in [-0.39, 0.29) is 17.9 Å². The maximum absolute atomic E-state index is 12.6. The quantitative estimate of drug-likeness (QED) is 0.543. The van der Waals surface area contributed by atoms with Gasteiger partial charge >= 0.3 is 0 Å². The number of likely N-dealkylation sites (tertiary alicyclic amines) is 1. The summed E-state index contributed by atoms with van der Waals surface area (Å²) in [5.41, 5.74) is 1.36. The smallest absolute Gasteiger partial charge is 0.226 e. The molecule has 1 aromatic carbocycles. The van der Waals surface area contributed by atoms with Crippen molar-refractivity contribution < 1.29 is 9.59 Å². The van der Waals surface area contributed by atoms with Gasteiger partial charge in [0.15, 0.2) is 0 Å². The number of hydrogen-bond acceptors (Lipinski definition) is 2. The Bertz CT molecular complexity index is 472. The van der Waals surface area contributed by atoms with Crippen molar-refractivity contribution in [1.29, 1.82) is 0 Å². The average Bonchev–Trinajstić information content (AvgIpc) is 3.04. The van der Waals surface area contributed by atoms with E-state index >= 15 is 0 Å². The summed E-state index contributed by atoms with van der Waals surface area (Å²) >= 11 is 0. The minimum Gasteiger partial charge on any atom is -0.333 e. The van der Waals surface area contributed by atoms with Gasteiger partial charge in [-0.15, -0.1) is 0 Å². The SMILES string of the molecule is CCC(CCCCc1ccccc1)C(=O)N1CCC[C@H]1C=O. The number of carbonyl (C=O) groups is 2. The highest BCUT2D eigenvalue weighted by molar-refractivity contribution is 5.82. The van der Waals surface area contributed by atoms with Gasteiger partial charge in [0.1, 0.15) is 6.29 Å². The van der Waals surface area contributed by atoms with Crippen LogP contribution in [0.2, 0.25) is 0 Å². The van der Waals surface area contributed by atoms with Gasteiger partial charge in [-0.25, -0.2) is 0 Å². The first kappa shape index (κ1) is 16.7. The fraction of sp³-hybridized carbons (Fsp3) is 0.579. The van der Waals surface area contributed by atoms with E-state index in [2.05, 4.69) is 31.2 Å². The van der Waals surface area contributed by atoms with E-state index in [1.807, 2.05) is 6.07 Å². The van der Waals surface area contributed by atoms with Crippen molar-refractivity contribution in [3.8, 4) is 0 Å². The van der Waals surface area contributed by atoms with Gasteiger partial charge in [0.2, 0.25) is 5.91 Å². The molecule has 1 fully saturated rings. The van der Waals surface area contributed by atoms with Gasteiger partial charge in [-0.2, -0.15) is 0 Å². The first-order valence-corrected chi connectivity index (χ1v) is 8.56. The Labute approximate surface area is 133 Å². The molecule has 3 nitrogen and oxygen atoms in total. The summed E-state index contributed by atoms with van der Waals surface area (Å²) in [5.74, 6) is 0.271. The second kappa shape index (κ2) is 8.72. The Kier molecular flexibility index (Phi) is 6.63. The van der Waals surface area contributed by atoms with Crippen molar-refractivity contribution in [3.63, 3.8) is 0 Å². The predicted octanol–water partition coefficient (Wildman–Crippen LogP) is 3.62. The van der Waals surface area contributed by atoms with Gasteiger partial charge in [0.25, 0.3) is 0 Å². The lowest BCUT2D eigenvalue weighted by molar-refractivity contribution is -0.138. The van der Waals surface area contributed by atoms with Gasteiger partial charge in [0.05, 0.1) is 6.04 Å². The van der Waals surface area contributed by atoms with E-state index in [1.54, 1.807) is 4.90 Å². The van der Waals surface area contributed by atoms with Crippen molar-refractivity contribution in [3.05, 3.63) is 35.9 Å². The van der Waals surface area contributed by atoms with Gasteiger partial charge in [-0.3, -0.25) is 4.79 Å². The summed E-state index contributed by atoms with van der Waals surface area (Å²) in [6.45, 7) is 2.83. The maximum Gasteiger partial charge on any atom is 0.226 e. The van der Waals surface area contributed by atoms with Crippen LogP contribution in [0.25, 0.3) is 0 Å². The van der Waals surface area contributed by atoms with E-state index in [0.29, 0.717) is 0 Å². The molecule has 0 radical (unpaired) electrons. The summed E-state index contributed by atoms with van der Waals surface area (Å²) in [5, 5.41) is 0. The van der Waals surface area contributed by atoms with Gasteiger partial charge in [-0.05, 0) is 44.1 Å². The van der Waals surface area contributed by atoms with Gasteiger partial charge in [0, 0.05) is 12.5 Å². The molecule has 120 valence electrons. The monoisotopic (exact) mass is 301 g/mol. The summed E-state index contributed by atoms with van der Waals surface area (Å²) in [6.07, 6.45) is 7.79. The van der Waals surface area contributed by atoms with Crippen LogP contribution in [-0.4, -0.2) is 29.7 Å². The molecule has 0 N–H and O–H groups in total. The number of hydrogen-bond donors (Lipinski definition) is 0. The zero-order valence-corrected chi connectivity index (χ0v) is 13.5. The molecule has 22 heavy (non-hydrogen) atoms. The molecule has 1 amide bonds. The topological polar surface area (TPSA) is 37.4 Å². The first-order valence-electron chi connectivity index (χ1n) is 8.56. The van der Waals surface area contributed by atoms with Crippen molar-refractivity contribution >= 4 is 12.2 Å². The predicted molar refractivity (Wildman–Crippen MR) is 88.6 cm³/mol. The van der Waals surface area contributed by atoms with Crippen LogP contribution in [0.5, 0.6) is 0 Å². The van der Waals surface area contributed by atoms with Gasteiger partial charge < -0.3 is 9.69 Å². The van der Waals surface area contributed by atoms with E-state index in [9.17, 15) is 9.59 Å². The third-order valence-electron chi connectivity index (χ3n) is 4.69. The summed E-state index contributed by atoms with van der Waals surface area (Å²) in [6, 6.07) is 10.3. The highest BCUT2D eigenvalue weighted by atomic mass is 16.2. The number of nitrogens with zero attached hydrogens (tertiary/aromatic N) is 1. The highest BCUT2D eigenvalue weighted by Gasteiger charge is 2.31. The summed E-state index contributed by atoms with van der Waals surface area (Å²) in [7, 11) is 0. The first-order chi connectivity index (χ1) is 10.8. The lowest BCUT2D eigenvalue weighted by Gasteiger charge is -2.25. The van der Waals surface area contributed by atoms with Crippen molar-refractivity contribution in [2.24, 2.45) is 5.92 Å². The van der Waals surface area contributed by atoms with Crippen LogP contribution in [0.1, 0.15) is 51.0 Å². The van der Waals surface area contributed by atoms with Crippen LogP contribution in [0.4, 0.5) is 0 Å². The van der Waals surface area contributed by atoms with Crippen LogP contribution in [0.15, 0.2) is 30.3 Å². The molecule has 0 aliphatic carbocycles. The molecular formula is C19H27NO2. The molecule has 3 heteroatoms. The Hall–Kier alpha value is -1.64. The van der Waals surface area contributed by atoms with Crippen LogP contribution >= 0.6 is 0 Å². The number of unbranched alkanes of at least 4 members (excludes halogenated alkanes) is 1. The Morgan fingerprint density at radius 2 is 2.09 bits per heavy atom. The normalized spacial score (nSPS) is 19.1. The molecule has 1 saturated heterocycles. The molecule has 0 saturated carbocycles. The highest BCUT2D eigenvalue weighted by Crippen LogP contribution is 2.23. The molecule has 1 aliphatic rings. The number of rotatable bonds is 8. The third-order valence-corrected chi connectivity index (χ3v) is 4.69. The molecule has 1 heterocycles. The Balaban J connectivity index is 1.77. The lowest BCUT2D eigenvalue weighted by atomic mass is 9.95. The number of carbonyl (C=O) groups excluding carboxylic acids is 2. The molecule has 0 aromatic heterocycles. The molecule has 0 spiro atoms. The van der Waals surface area contributed by atoms with Crippen molar-refractivity contribution in [2.45, 2.75) is 57.9 Å². The Morgan fingerprint density at radius 3 is 2.77 bits per heavy atom. The van der Waals surface area contributed by atoms with E-state index in [1.165, 1.54) is 5.56 Å². The van der Waals surface area contributed by atoms with E-state index in [0.717, 1.165) is 57.8 Å². The zero-order chi connectivity index (χ0) is 15.8. The molecule has 1 unspecified atom stereocenters.